The van der Waals surface area contributed by atoms with Crippen molar-refractivity contribution in [2.45, 2.75) is 103 Å². The summed E-state index contributed by atoms with van der Waals surface area (Å²) in [6.45, 7) is 4.45. The number of carbonyl (C=O) groups excluding carboxylic acids is 1. The SMILES string of the molecule is CC/C=C\C/C=C\C/C=C\C/C=C\C/C=C\C/C=C\CCC(=O)NC(COP(=O)(O)OCC[N+](C)(C)C)C(O)/C=C/CC/C=C/CCC. The van der Waals surface area contributed by atoms with Crippen molar-refractivity contribution in [1.29, 1.82) is 0 Å². The first-order chi connectivity index (χ1) is 23.0. The smallest absolute Gasteiger partial charge is 0.387 e. The zero-order valence-corrected chi connectivity index (χ0v) is 31.3. The fraction of sp³-hybridized carbons (Fsp3) is 0.564. The maximum Gasteiger partial charge on any atom is 0.472 e. The molecule has 1 amide bonds. The van der Waals surface area contributed by atoms with Crippen LogP contribution in [-0.2, 0) is 18.4 Å². The highest BCUT2D eigenvalue weighted by molar-refractivity contribution is 7.47. The number of nitrogens with one attached hydrogen (secondary N) is 1. The van der Waals surface area contributed by atoms with Crippen LogP contribution in [0.5, 0.6) is 0 Å². The van der Waals surface area contributed by atoms with Crippen LogP contribution in [0.1, 0.15) is 90.9 Å². The predicted octanol–water partition coefficient (Wildman–Crippen LogP) is 8.84. The van der Waals surface area contributed by atoms with Crippen LogP contribution in [0, 0.1) is 0 Å². The molecule has 3 atom stereocenters. The standard InChI is InChI=1S/C39H65N2O6P/c1-6-8-10-12-14-15-16-17-18-19-20-21-22-23-24-25-27-29-31-33-39(43)40-37(38(42)32-30-28-26-13-11-9-7-2)36-47-48(44,45)46-35-34-41(3,4)5/h8,10-11,13-15,17-18,20-21,23-24,27,29-30,32,37-38,42H,6-7,9,12,16,19,22,25-26,28,31,33-36H2,1-5H3,(H-,40,43,44,45)/p+1/b10-8-,13-11+,15-14-,18-17-,21-20-,24-23-,29-27-,32-30+. The number of nitrogens with zero attached hydrogens (tertiary/aromatic N) is 1. The summed E-state index contributed by atoms with van der Waals surface area (Å²) >= 11 is 0. The van der Waals surface area contributed by atoms with Crippen LogP contribution in [0.2, 0.25) is 0 Å². The molecule has 0 rings (SSSR count). The molecule has 0 aliphatic carbocycles. The summed E-state index contributed by atoms with van der Waals surface area (Å²) in [4.78, 5) is 22.8. The highest BCUT2D eigenvalue weighted by Gasteiger charge is 2.27. The number of aliphatic hydroxyl groups is 1. The first kappa shape index (κ1) is 45.4. The molecule has 9 heteroatoms. The Bertz CT molecular complexity index is 1100. The van der Waals surface area contributed by atoms with Gasteiger partial charge in [-0.3, -0.25) is 13.8 Å². The number of hydrogen-bond acceptors (Lipinski definition) is 5. The molecule has 8 nitrogen and oxygen atoms in total. The van der Waals surface area contributed by atoms with E-state index in [0.29, 0.717) is 17.4 Å². The molecule has 0 radical (unpaired) electrons. The molecule has 0 aromatic heterocycles. The van der Waals surface area contributed by atoms with Crippen molar-refractivity contribution in [3.63, 3.8) is 0 Å². The lowest BCUT2D eigenvalue weighted by atomic mass is 10.1. The molecule has 0 fully saturated rings. The molecular formula is C39H66N2O6P+. The first-order valence-electron chi connectivity index (χ1n) is 17.6. The van der Waals surface area contributed by atoms with E-state index < -0.39 is 20.0 Å². The molecule has 0 heterocycles. The predicted molar refractivity (Wildman–Crippen MR) is 202 cm³/mol. The molecule has 48 heavy (non-hydrogen) atoms. The lowest BCUT2D eigenvalue weighted by molar-refractivity contribution is -0.870. The van der Waals surface area contributed by atoms with Crippen molar-refractivity contribution in [1.82, 2.24) is 5.32 Å². The van der Waals surface area contributed by atoms with Gasteiger partial charge in [0.05, 0.1) is 39.9 Å². The minimum Gasteiger partial charge on any atom is -0.387 e. The van der Waals surface area contributed by atoms with E-state index in [1.165, 1.54) is 0 Å². The molecular weight excluding hydrogens is 623 g/mol. The highest BCUT2D eigenvalue weighted by Crippen LogP contribution is 2.43. The maximum absolute atomic E-state index is 12.7. The summed E-state index contributed by atoms with van der Waals surface area (Å²) in [5.74, 6) is -0.281. The number of rotatable bonds is 29. The van der Waals surface area contributed by atoms with Gasteiger partial charge in [0, 0.05) is 6.42 Å². The highest BCUT2D eigenvalue weighted by atomic mass is 31.2. The number of phosphoric ester groups is 1. The fourth-order valence-corrected chi connectivity index (χ4v) is 4.70. The van der Waals surface area contributed by atoms with Gasteiger partial charge in [-0.2, -0.15) is 0 Å². The Morgan fingerprint density at radius 2 is 1.19 bits per heavy atom. The van der Waals surface area contributed by atoms with Crippen LogP contribution in [-0.4, -0.2) is 73.4 Å². The second-order valence-electron chi connectivity index (χ2n) is 12.5. The van der Waals surface area contributed by atoms with Crippen molar-refractivity contribution >= 4 is 13.7 Å². The third-order valence-corrected chi connectivity index (χ3v) is 7.77. The molecule has 0 aromatic rings. The maximum atomic E-state index is 12.7. The van der Waals surface area contributed by atoms with Gasteiger partial charge in [0.25, 0.3) is 0 Å². The van der Waals surface area contributed by atoms with Crippen LogP contribution in [0.15, 0.2) is 97.2 Å². The van der Waals surface area contributed by atoms with Crippen molar-refractivity contribution in [2.24, 2.45) is 0 Å². The number of allylic oxidation sites excluding steroid dienone is 15. The van der Waals surface area contributed by atoms with Gasteiger partial charge < -0.3 is 19.8 Å². The number of likely N-dealkylation sites (N-methyl/N-ethyl adjacent to an activating group) is 1. The second-order valence-corrected chi connectivity index (χ2v) is 13.9. The molecule has 3 N–H and O–H groups in total. The van der Waals surface area contributed by atoms with E-state index in [2.05, 4.69) is 92.1 Å². The lowest BCUT2D eigenvalue weighted by Gasteiger charge is -2.25. The van der Waals surface area contributed by atoms with Crippen LogP contribution >= 0.6 is 7.82 Å². The zero-order chi connectivity index (χ0) is 35.8. The molecule has 0 saturated heterocycles. The average molecular weight is 690 g/mol. The molecule has 0 aliphatic rings. The van der Waals surface area contributed by atoms with Crippen molar-refractivity contribution < 1.29 is 32.9 Å². The second kappa shape index (κ2) is 30.5. The fourth-order valence-electron chi connectivity index (χ4n) is 3.97. The summed E-state index contributed by atoms with van der Waals surface area (Å²) < 4.78 is 23.2. The lowest BCUT2D eigenvalue weighted by Crippen LogP contribution is -2.45. The molecule has 272 valence electrons. The van der Waals surface area contributed by atoms with Gasteiger partial charge in [-0.1, -0.05) is 117 Å². The van der Waals surface area contributed by atoms with E-state index in [1.54, 1.807) is 6.08 Å². The summed E-state index contributed by atoms with van der Waals surface area (Å²) in [7, 11) is 1.48. The average Bonchev–Trinajstić information content (AvgIpc) is 3.02. The Morgan fingerprint density at radius 1 is 0.708 bits per heavy atom. The summed E-state index contributed by atoms with van der Waals surface area (Å²) in [5, 5.41) is 13.5. The largest absolute Gasteiger partial charge is 0.472 e. The van der Waals surface area contributed by atoms with E-state index in [0.717, 1.165) is 64.2 Å². The number of quaternary nitrogens is 1. The van der Waals surface area contributed by atoms with Gasteiger partial charge in [-0.05, 0) is 64.2 Å². The van der Waals surface area contributed by atoms with Crippen LogP contribution < -0.4 is 5.32 Å². The van der Waals surface area contributed by atoms with Gasteiger partial charge >= 0.3 is 7.82 Å². The van der Waals surface area contributed by atoms with Gasteiger partial charge in [0.1, 0.15) is 13.2 Å². The van der Waals surface area contributed by atoms with Crippen LogP contribution in [0.25, 0.3) is 0 Å². The van der Waals surface area contributed by atoms with Crippen molar-refractivity contribution in [3.8, 4) is 0 Å². The van der Waals surface area contributed by atoms with E-state index in [-0.39, 0.29) is 25.5 Å². The molecule has 0 aromatic carbocycles. The Morgan fingerprint density at radius 3 is 1.71 bits per heavy atom. The third kappa shape index (κ3) is 32.0. The van der Waals surface area contributed by atoms with Crippen molar-refractivity contribution in [2.75, 3.05) is 40.9 Å². The van der Waals surface area contributed by atoms with Crippen LogP contribution in [0.3, 0.4) is 0 Å². The van der Waals surface area contributed by atoms with Gasteiger partial charge in [0.2, 0.25) is 5.91 Å². The zero-order valence-electron chi connectivity index (χ0n) is 30.4. The first-order valence-corrected chi connectivity index (χ1v) is 19.1. The Hall–Kier alpha value is -2.58. The molecule has 3 unspecified atom stereocenters. The number of hydrogen-bond donors (Lipinski definition) is 3. The quantitative estimate of drug-likeness (QED) is 0.0314. The molecule has 0 bridgehead atoms. The minimum absolute atomic E-state index is 0.0360. The monoisotopic (exact) mass is 689 g/mol. The number of aliphatic hydroxyl groups excluding tert-OH is 1. The van der Waals surface area contributed by atoms with Gasteiger partial charge in [0.15, 0.2) is 0 Å². The van der Waals surface area contributed by atoms with Gasteiger partial charge in [-0.25, -0.2) is 4.57 Å². The van der Waals surface area contributed by atoms with E-state index >= 15 is 0 Å². The number of unbranched alkanes of at least 4 members (excludes halogenated alkanes) is 2. The minimum atomic E-state index is -4.35. The molecule has 0 aliphatic heterocycles. The number of phosphoric acid groups is 1. The molecule has 0 spiro atoms. The van der Waals surface area contributed by atoms with E-state index in [1.807, 2.05) is 39.4 Å². The third-order valence-electron chi connectivity index (χ3n) is 6.78. The Labute approximate surface area is 292 Å². The summed E-state index contributed by atoms with van der Waals surface area (Å²) in [6, 6.07) is -0.905. The summed E-state index contributed by atoms with van der Waals surface area (Å²) in [6.07, 6.45) is 42.3. The van der Waals surface area contributed by atoms with E-state index in [4.69, 9.17) is 9.05 Å². The number of amides is 1. The molecule has 0 saturated carbocycles. The van der Waals surface area contributed by atoms with Crippen LogP contribution in [0.4, 0.5) is 0 Å². The number of carbonyl (C=O) groups is 1. The van der Waals surface area contributed by atoms with Crippen molar-refractivity contribution in [3.05, 3.63) is 97.2 Å². The van der Waals surface area contributed by atoms with E-state index in [9.17, 15) is 19.4 Å². The summed E-state index contributed by atoms with van der Waals surface area (Å²) in [5.41, 5.74) is 0. The Balaban J connectivity index is 4.63. The van der Waals surface area contributed by atoms with Gasteiger partial charge in [-0.15, -0.1) is 0 Å². The topological polar surface area (TPSA) is 105 Å². The Kier molecular flexibility index (Phi) is 28.8. The normalized spacial score (nSPS) is 15.9.